The van der Waals surface area contributed by atoms with Crippen molar-refractivity contribution in [1.82, 2.24) is 24.1 Å². The van der Waals surface area contributed by atoms with Gasteiger partial charge in [0, 0.05) is 37.4 Å². The first kappa shape index (κ1) is 23.8. The molecular weight excluding hydrogens is 454 g/mol. The number of amides is 1. The SMILES string of the molecule is CCOC(=O)N1CCN(Cn2nc(-c3ccc(OC)c(OC)c3)n(-c3ccccc3)c2=S)CC1. The molecule has 9 nitrogen and oxygen atoms in total. The molecule has 0 saturated carbocycles. The van der Waals surface area contributed by atoms with Crippen LogP contribution in [0.3, 0.4) is 0 Å². The van der Waals surface area contributed by atoms with E-state index in [0.717, 1.165) is 11.3 Å². The number of benzene rings is 2. The molecule has 10 heteroatoms. The molecule has 1 fully saturated rings. The normalized spacial score (nSPS) is 14.1. The number of ether oxygens (including phenoxy) is 3. The zero-order chi connectivity index (χ0) is 24.1. The minimum Gasteiger partial charge on any atom is -0.493 e. The van der Waals surface area contributed by atoms with Crippen LogP contribution < -0.4 is 9.47 Å². The molecule has 34 heavy (non-hydrogen) atoms. The quantitative estimate of drug-likeness (QED) is 0.473. The van der Waals surface area contributed by atoms with Crippen molar-refractivity contribution in [2.75, 3.05) is 47.0 Å². The van der Waals surface area contributed by atoms with Gasteiger partial charge in [-0.05, 0) is 49.5 Å². The van der Waals surface area contributed by atoms with Crippen LogP contribution >= 0.6 is 12.2 Å². The van der Waals surface area contributed by atoms with Crippen LogP contribution in [0.15, 0.2) is 48.5 Å². The highest BCUT2D eigenvalue weighted by Gasteiger charge is 2.23. The van der Waals surface area contributed by atoms with Gasteiger partial charge in [-0.1, -0.05) is 18.2 Å². The van der Waals surface area contributed by atoms with Crippen molar-refractivity contribution in [1.29, 1.82) is 0 Å². The Hall–Kier alpha value is -3.37. The molecule has 2 aromatic carbocycles. The first-order valence-electron chi connectivity index (χ1n) is 11.2. The van der Waals surface area contributed by atoms with Gasteiger partial charge >= 0.3 is 6.09 Å². The number of hydrogen-bond acceptors (Lipinski definition) is 7. The molecule has 0 N–H and O–H groups in total. The number of carbonyl (C=O) groups is 1. The Morgan fingerprint density at radius 2 is 1.71 bits per heavy atom. The summed E-state index contributed by atoms with van der Waals surface area (Å²) in [7, 11) is 3.22. The Labute approximate surface area is 204 Å². The van der Waals surface area contributed by atoms with Gasteiger partial charge < -0.3 is 19.1 Å². The fourth-order valence-corrected chi connectivity index (χ4v) is 4.24. The van der Waals surface area contributed by atoms with Crippen LogP contribution in [-0.4, -0.2) is 77.2 Å². The molecule has 0 aliphatic carbocycles. The summed E-state index contributed by atoms with van der Waals surface area (Å²) in [6.45, 7) is 5.35. The van der Waals surface area contributed by atoms with E-state index < -0.39 is 0 Å². The maximum absolute atomic E-state index is 12.0. The summed E-state index contributed by atoms with van der Waals surface area (Å²) >= 11 is 5.87. The van der Waals surface area contributed by atoms with E-state index in [1.165, 1.54) is 0 Å². The number of aromatic nitrogens is 3. The van der Waals surface area contributed by atoms with E-state index in [9.17, 15) is 4.79 Å². The third kappa shape index (κ3) is 4.92. The van der Waals surface area contributed by atoms with E-state index in [-0.39, 0.29) is 6.09 Å². The summed E-state index contributed by atoms with van der Waals surface area (Å²) in [6, 6.07) is 15.6. The highest BCUT2D eigenvalue weighted by atomic mass is 32.1. The number of nitrogens with zero attached hydrogens (tertiary/aromatic N) is 5. The van der Waals surface area contributed by atoms with Crippen LogP contribution in [0, 0.1) is 4.77 Å². The summed E-state index contributed by atoms with van der Waals surface area (Å²) in [5, 5.41) is 4.90. The topological polar surface area (TPSA) is 74.0 Å². The number of piperazine rings is 1. The van der Waals surface area contributed by atoms with E-state index in [0.29, 0.717) is 61.5 Å². The fraction of sp³-hybridized carbons (Fsp3) is 0.375. The lowest BCUT2D eigenvalue weighted by molar-refractivity contribution is 0.0691. The minimum absolute atomic E-state index is 0.261. The van der Waals surface area contributed by atoms with Crippen molar-refractivity contribution >= 4 is 18.3 Å². The lowest BCUT2D eigenvalue weighted by atomic mass is 10.2. The first-order chi connectivity index (χ1) is 16.5. The molecule has 180 valence electrons. The molecule has 4 rings (SSSR count). The van der Waals surface area contributed by atoms with Crippen molar-refractivity contribution in [3.63, 3.8) is 0 Å². The predicted octanol–water partition coefficient (Wildman–Crippen LogP) is 3.82. The molecule has 0 unspecified atom stereocenters. The number of rotatable bonds is 7. The van der Waals surface area contributed by atoms with Crippen LogP contribution in [0.1, 0.15) is 6.92 Å². The average molecular weight is 484 g/mol. The number of hydrogen-bond donors (Lipinski definition) is 0. The van der Waals surface area contributed by atoms with E-state index in [1.807, 2.05) is 64.7 Å². The van der Waals surface area contributed by atoms with E-state index >= 15 is 0 Å². The largest absolute Gasteiger partial charge is 0.493 e. The summed E-state index contributed by atoms with van der Waals surface area (Å²) in [6.07, 6.45) is -0.261. The van der Waals surface area contributed by atoms with Gasteiger partial charge in [0.25, 0.3) is 0 Å². The number of para-hydroxylation sites is 1. The Balaban J connectivity index is 1.65. The molecule has 3 aromatic rings. The van der Waals surface area contributed by atoms with E-state index in [2.05, 4.69) is 4.90 Å². The standard InChI is InChI=1S/C24H29N5O4S/c1-4-33-24(30)27-14-12-26(13-15-27)17-28-23(34)29(19-8-6-5-7-9-19)22(25-28)18-10-11-20(31-2)21(16-18)32-3/h5-11,16H,4,12-15,17H2,1-3H3. The molecule has 1 aliphatic heterocycles. The summed E-state index contributed by atoms with van der Waals surface area (Å²) in [4.78, 5) is 16.0. The fourth-order valence-electron chi connectivity index (χ4n) is 3.95. The Morgan fingerprint density at radius 1 is 1.00 bits per heavy atom. The average Bonchev–Trinajstić information content (AvgIpc) is 3.20. The second-order valence-electron chi connectivity index (χ2n) is 7.79. The highest BCUT2D eigenvalue weighted by molar-refractivity contribution is 7.71. The Bertz CT molecular complexity index is 1190. The van der Waals surface area contributed by atoms with Crippen LogP contribution in [0.5, 0.6) is 11.5 Å². The van der Waals surface area contributed by atoms with Crippen LogP contribution in [-0.2, 0) is 11.4 Å². The van der Waals surface area contributed by atoms with E-state index in [4.69, 9.17) is 31.5 Å². The van der Waals surface area contributed by atoms with E-state index in [1.54, 1.807) is 19.1 Å². The molecule has 1 aromatic heterocycles. The van der Waals surface area contributed by atoms with Gasteiger partial charge in [-0.15, -0.1) is 5.10 Å². The molecular formula is C24H29N5O4S. The third-order valence-electron chi connectivity index (χ3n) is 5.73. The van der Waals surface area contributed by atoms with Crippen LogP contribution in [0.2, 0.25) is 0 Å². The van der Waals surface area contributed by atoms with Crippen LogP contribution in [0.25, 0.3) is 17.1 Å². The maximum Gasteiger partial charge on any atom is 0.409 e. The zero-order valence-corrected chi connectivity index (χ0v) is 20.5. The van der Waals surface area contributed by atoms with Gasteiger partial charge in [-0.2, -0.15) is 0 Å². The van der Waals surface area contributed by atoms with Gasteiger partial charge in [0.1, 0.15) is 0 Å². The first-order valence-corrected chi connectivity index (χ1v) is 11.6. The predicted molar refractivity (Wildman–Crippen MR) is 131 cm³/mol. The summed E-state index contributed by atoms with van der Waals surface area (Å²) < 4.78 is 20.4. The molecule has 1 aliphatic rings. The molecule has 0 spiro atoms. The number of carbonyl (C=O) groups excluding carboxylic acids is 1. The van der Waals surface area contributed by atoms with Gasteiger partial charge in [-0.25, -0.2) is 9.48 Å². The van der Waals surface area contributed by atoms with Crippen molar-refractivity contribution in [2.45, 2.75) is 13.6 Å². The second kappa shape index (κ2) is 10.7. The lowest BCUT2D eigenvalue weighted by Gasteiger charge is -2.33. The summed E-state index contributed by atoms with van der Waals surface area (Å²) in [5.74, 6) is 1.98. The minimum atomic E-state index is -0.261. The third-order valence-corrected chi connectivity index (χ3v) is 6.12. The molecule has 0 bridgehead atoms. The van der Waals surface area contributed by atoms with Crippen molar-refractivity contribution < 1.29 is 19.0 Å². The van der Waals surface area contributed by atoms with Gasteiger partial charge in [0.05, 0.1) is 27.5 Å². The molecule has 0 atom stereocenters. The highest BCUT2D eigenvalue weighted by Crippen LogP contribution is 2.32. The van der Waals surface area contributed by atoms with Gasteiger partial charge in [0.2, 0.25) is 4.77 Å². The Kier molecular flexibility index (Phi) is 7.49. The number of methoxy groups -OCH3 is 2. The van der Waals surface area contributed by atoms with Crippen LogP contribution in [0.4, 0.5) is 4.79 Å². The molecule has 1 saturated heterocycles. The summed E-state index contributed by atoms with van der Waals surface area (Å²) in [5.41, 5.74) is 1.79. The van der Waals surface area contributed by atoms with Crippen molar-refractivity contribution in [3.8, 4) is 28.6 Å². The second-order valence-corrected chi connectivity index (χ2v) is 8.16. The monoisotopic (exact) mass is 483 g/mol. The molecule has 2 heterocycles. The molecule has 0 radical (unpaired) electrons. The smallest absolute Gasteiger partial charge is 0.409 e. The maximum atomic E-state index is 12.0. The molecule has 1 amide bonds. The van der Waals surface area contributed by atoms with Crippen molar-refractivity contribution in [3.05, 3.63) is 53.3 Å². The lowest BCUT2D eigenvalue weighted by Crippen LogP contribution is -2.49. The Morgan fingerprint density at radius 3 is 2.35 bits per heavy atom. The van der Waals surface area contributed by atoms with Gasteiger partial charge in [-0.3, -0.25) is 9.47 Å². The zero-order valence-electron chi connectivity index (χ0n) is 19.6. The van der Waals surface area contributed by atoms with Crippen molar-refractivity contribution in [2.24, 2.45) is 0 Å². The van der Waals surface area contributed by atoms with Gasteiger partial charge in [0.15, 0.2) is 17.3 Å².